The van der Waals surface area contributed by atoms with Crippen molar-refractivity contribution in [1.29, 1.82) is 0 Å². The van der Waals surface area contributed by atoms with Crippen molar-refractivity contribution in [2.75, 3.05) is 6.61 Å². The number of aliphatic hydroxyl groups is 1. The minimum Gasteiger partial charge on any atom is -0.491 e. The van der Waals surface area contributed by atoms with E-state index >= 15 is 0 Å². The largest absolute Gasteiger partial charge is 0.491 e. The number of nitrogens with zero attached hydrogens (tertiary/aromatic N) is 2. The Kier molecular flexibility index (Phi) is 5.17. The van der Waals surface area contributed by atoms with E-state index in [0.717, 1.165) is 32.6 Å². The van der Waals surface area contributed by atoms with Crippen molar-refractivity contribution in [3.63, 3.8) is 0 Å². The molecule has 1 N–H and O–H groups in total. The van der Waals surface area contributed by atoms with Crippen LogP contribution in [0.2, 0.25) is 0 Å². The van der Waals surface area contributed by atoms with Crippen LogP contribution in [0.15, 0.2) is 48.5 Å². The molecule has 0 spiro atoms. The van der Waals surface area contributed by atoms with Gasteiger partial charge >= 0.3 is 0 Å². The quantitative estimate of drug-likeness (QED) is 0.618. The van der Waals surface area contributed by atoms with Gasteiger partial charge < -0.3 is 14.4 Å². The summed E-state index contributed by atoms with van der Waals surface area (Å²) in [6.07, 6.45) is 0.247. The number of ether oxygens (including phenoxy) is 1. The van der Waals surface area contributed by atoms with E-state index in [9.17, 15) is 5.11 Å². The van der Waals surface area contributed by atoms with E-state index in [-0.39, 0.29) is 6.61 Å². The number of imidazole rings is 1. The Morgan fingerprint density at radius 2 is 1.91 bits per heavy atom. The van der Waals surface area contributed by atoms with Gasteiger partial charge in [-0.3, -0.25) is 0 Å². The molecule has 1 unspecified atom stereocenters. The molecule has 120 valence electrons. The van der Waals surface area contributed by atoms with Crippen LogP contribution in [-0.4, -0.2) is 27.4 Å². The number of rotatable bonds is 6. The van der Waals surface area contributed by atoms with Crippen molar-refractivity contribution in [3.8, 4) is 5.75 Å². The Balaban J connectivity index is 1.70. The van der Waals surface area contributed by atoms with Gasteiger partial charge in [-0.05, 0) is 59.0 Å². The van der Waals surface area contributed by atoms with Crippen LogP contribution >= 0.6 is 22.6 Å². The lowest BCUT2D eigenvalue weighted by Gasteiger charge is -2.15. The van der Waals surface area contributed by atoms with E-state index in [1.807, 2.05) is 48.5 Å². The van der Waals surface area contributed by atoms with E-state index in [1.165, 1.54) is 0 Å². The number of hydrogen-bond donors (Lipinski definition) is 1. The Bertz CT molecular complexity index is 783. The Morgan fingerprint density at radius 1 is 1.17 bits per heavy atom. The summed E-state index contributed by atoms with van der Waals surface area (Å²) in [7, 11) is 0. The average Bonchev–Trinajstić information content (AvgIpc) is 2.92. The number of para-hydroxylation sites is 2. The predicted octanol–water partition coefficient (Wildman–Crippen LogP) is 3.64. The van der Waals surface area contributed by atoms with Crippen LogP contribution in [0.1, 0.15) is 12.7 Å². The van der Waals surface area contributed by atoms with E-state index in [1.54, 1.807) is 0 Å². The molecule has 0 aliphatic heterocycles. The number of benzene rings is 2. The van der Waals surface area contributed by atoms with Gasteiger partial charge in [0.15, 0.2) is 0 Å². The molecule has 0 aliphatic rings. The maximum atomic E-state index is 10.3. The first-order valence-corrected chi connectivity index (χ1v) is 8.76. The number of aromatic nitrogens is 2. The molecular formula is C18H19IN2O2. The highest BCUT2D eigenvalue weighted by Gasteiger charge is 2.13. The van der Waals surface area contributed by atoms with Crippen LogP contribution in [0.3, 0.4) is 0 Å². The third-order valence-corrected chi connectivity index (χ3v) is 4.42. The van der Waals surface area contributed by atoms with Gasteiger partial charge in [0.05, 0.1) is 17.6 Å². The minimum absolute atomic E-state index is 0.260. The zero-order valence-electron chi connectivity index (χ0n) is 12.9. The molecule has 2 aromatic carbocycles. The standard InChI is InChI=1S/C18H19IN2O2/c1-2-18-20-16-5-3-4-6-17(16)21(18)11-14(22)12-23-15-9-7-13(19)8-10-15/h3-10,14,22H,2,11-12H2,1H3. The minimum atomic E-state index is -0.586. The molecule has 1 heterocycles. The predicted molar refractivity (Wildman–Crippen MR) is 99.8 cm³/mol. The smallest absolute Gasteiger partial charge is 0.119 e. The van der Waals surface area contributed by atoms with E-state index in [2.05, 4.69) is 39.1 Å². The molecule has 0 aliphatic carbocycles. The molecule has 23 heavy (non-hydrogen) atoms. The van der Waals surface area contributed by atoms with Gasteiger partial charge in [0, 0.05) is 9.99 Å². The van der Waals surface area contributed by atoms with Crippen LogP contribution in [-0.2, 0) is 13.0 Å². The summed E-state index contributed by atoms with van der Waals surface area (Å²) >= 11 is 2.25. The molecule has 0 bridgehead atoms. The van der Waals surface area contributed by atoms with Crippen LogP contribution in [0.5, 0.6) is 5.75 Å². The zero-order chi connectivity index (χ0) is 16.2. The van der Waals surface area contributed by atoms with Gasteiger partial charge in [-0.15, -0.1) is 0 Å². The second-order valence-corrected chi connectivity index (χ2v) is 6.65. The average molecular weight is 422 g/mol. The molecule has 5 heteroatoms. The van der Waals surface area contributed by atoms with E-state index in [4.69, 9.17) is 4.74 Å². The Hall–Kier alpha value is -1.60. The van der Waals surface area contributed by atoms with E-state index < -0.39 is 6.10 Å². The monoisotopic (exact) mass is 422 g/mol. The third kappa shape index (κ3) is 3.84. The number of halogens is 1. The van der Waals surface area contributed by atoms with Crippen molar-refractivity contribution in [2.45, 2.75) is 26.0 Å². The summed E-state index contributed by atoms with van der Waals surface area (Å²) in [6.45, 7) is 2.82. The van der Waals surface area contributed by atoms with Crippen molar-refractivity contribution in [1.82, 2.24) is 9.55 Å². The SMILES string of the molecule is CCc1nc2ccccc2n1CC(O)COc1ccc(I)cc1. The van der Waals surface area contributed by atoms with Gasteiger partial charge in [-0.25, -0.2) is 4.98 Å². The fourth-order valence-corrected chi connectivity index (χ4v) is 2.95. The first-order chi connectivity index (χ1) is 11.2. The van der Waals surface area contributed by atoms with Crippen molar-refractivity contribution >= 4 is 33.6 Å². The topological polar surface area (TPSA) is 47.3 Å². The van der Waals surface area contributed by atoms with Crippen LogP contribution in [0.25, 0.3) is 11.0 Å². The van der Waals surface area contributed by atoms with Crippen LogP contribution < -0.4 is 4.74 Å². The van der Waals surface area contributed by atoms with Crippen molar-refractivity contribution < 1.29 is 9.84 Å². The summed E-state index contributed by atoms with van der Waals surface area (Å²) < 4.78 is 8.91. The summed E-state index contributed by atoms with van der Waals surface area (Å²) in [5, 5.41) is 10.3. The first kappa shape index (κ1) is 16.3. The summed E-state index contributed by atoms with van der Waals surface area (Å²) in [5.74, 6) is 1.76. The molecule has 0 saturated heterocycles. The normalized spacial score (nSPS) is 12.5. The third-order valence-electron chi connectivity index (χ3n) is 3.70. The van der Waals surface area contributed by atoms with Gasteiger partial charge in [0.1, 0.15) is 24.3 Å². The molecule has 0 saturated carbocycles. The summed E-state index contributed by atoms with van der Waals surface area (Å²) in [5.41, 5.74) is 2.02. The molecular weight excluding hydrogens is 403 g/mol. The highest BCUT2D eigenvalue weighted by Crippen LogP contribution is 2.18. The van der Waals surface area contributed by atoms with Gasteiger partial charge in [0.2, 0.25) is 0 Å². The molecule has 0 fully saturated rings. The highest BCUT2D eigenvalue weighted by atomic mass is 127. The number of aliphatic hydroxyl groups excluding tert-OH is 1. The molecule has 3 rings (SSSR count). The van der Waals surface area contributed by atoms with Crippen LogP contribution in [0, 0.1) is 3.57 Å². The number of fused-ring (bicyclic) bond motifs is 1. The molecule has 0 radical (unpaired) electrons. The second kappa shape index (κ2) is 7.31. The van der Waals surface area contributed by atoms with Crippen molar-refractivity contribution in [2.24, 2.45) is 0 Å². The summed E-state index contributed by atoms with van der Waals surface area (Å²) in [6, 6.07) is 15.8. The fourth-order valence-electron chi connectivity index (χ4n) is 2.59. The molecule has 3 aromatic rings. The first-order valence-electron chi connectivity index (χ1n) is 7.68. The Morgan fingerprint density at radius 3 is 2.65 bits per heavy atom. The van der Waals surface area contributed by atoms with Crippen LogP contribution in [0.4, 0.5) is 0 Å². The molecule has 4 nitrogen and oxygen atoms in total. The summed E-state index contributed by atoms with van der Waals surface area (Å²) in [4.78, 5) is 4.62. The Labute approximate surface area is 149 Å². The second-order valence-electron chi connectivity index (χ2n) is 5.40. The lowest BCUT2D eigenvalue weighted by atomic mass is 10.3. The fraction of sp³-hybridized carbons (Fsp3) is 0.278. The maximum absolute atomic E-state index is 10.3. The molecule has 0 amide bonds. The zero-order valence-corrected chi connectivity index (χ0v) is 15.1. The van der Waals surface area contributed by atoms with Gasteiger partial charge in [-0.1, -0.05) is 19.1 Å². The number of hydrogen-bond acceptors (Lipinski definition) is 3. The van der Waals surface area contributed by atoms with Gasteiger partial charge in [-0.2, -0.15) is 0 Å². The maximum Gasteiger partial charge on any atom is 0.119 e. The molecule has 1 atom stereocenters. The molecule has 1 aromatic heterocycles. The van der Waals surface area contributed by atoms with Gasteiger partial charge in [0.25, 0.3) is 0 Å². The van der Waals surface area contributed by atoms with Crippen molar-refractivity contribution in [3.05, 3.63) is 57.9 Å². The lowest BCUT2D eigenvalue weighted by molar-refractivity contribution is 0.0927. The lowest BCUT2D eigenvalue weighted by Crippen LogP contribution is -2.24. The number of aryl methyl sites for hydroxylation is 1. The van der Waals surface area contributed by atoms with E-state index in [0.29, 0.717) is 6.54 Å². The highest BCUT2D eigenvalue weighted by molar-refractivity contribution is 14.1.